The lowest BCUT2D eigenvalue weighted by Gasteiger charge is -2.32. The topological polar surface area (TPSA) is 42.4 Å². The van der Waals surface area contributed by atoms with Crippen molar-refractivity contribution in [3.8, 4) is 0 Å². The Morgan fingerprint density at radius 2 is 2.05 bits per heavy atom. The Labute approximate surface area is 129 Å². The zero-order valence-electron chi connectivity index (χ0n) is 12.6. The van der Waals surface area contributed by atoms with Gasteiger partial charge in [-0.25, -0.2) is 0 Å². The molecule has 2 aromatic rings. The minimum atomic E-state index is 0.109. The Balaban J connectivity index is 2.20. The van der Waals surface area contributed by atoms with Gasteiger partial charge in [0.25, 0.3) is 0 Å². The summed E-state index contributed by atoms with van der Waals surface area (Å²) in [6.45, 7) is 8.15. The molecule has 0 saturated heterocycles. The molecule has 3 nitrogen and oxygen atoms in total. The van der Waals surface area contributed by atoms with E-state index in [1.807, 2.05) is 12.1 Å². The molecule has 0 aliphatic heterocycles. The Hall–Kier alpha value is -0.840. The van der Waals surface area contributed by atoms with E-state index >= 15 is 0 Å². The van der Waals surface area contributed by atoms with E-state index in [0.29, 0.717) is 6.54 Å². The first-order valence-corrected chi connectivity index (χ1v) is 7.71. The molecule has 4 heteroatoms. The lowest BCUT2D eigenvalue weighted by molar-refractivity contribution is 0.161. The first-order chi connectivity index (χ1) is 9.32. The largest absolute Gasteiger partial charge is 0.459 e. The minimum Gasteiger partial charge on any atom is -0.459 e. The first kappa shape index (κ1) is 15.5. The van der Waals surface area contributed by atoms with Gasteiger partial charge in [-0.2, -0.15) is 0 Å². The summed E-state index contributed by atoms with van der Waals surface area (Å²) in [5, 5.41) is 1.13. The van der Waals surface area contributed by atoms with Gasteiger partial charge in [0.15, 0.2) is 0 Å². The summed E-state index contributed by atoms with van der Waals surface area (Å²) in [6, 6.07) is 8.43. The van der Waals surface area contributed by atoms with E-state index in [2.05, 4.69) is 60.8 Å². The second-order valence-electron chi connectivity index (χ2n) is 6.29. The van der Waals surface area contributed by atoms with Crippen LogP contribution in [0.15, 0.2) is 33.2 Å². The number of hydrogen-bond donors (Lipinski definition) is 1. The van der Waals surface area contributed by atoms with E-state index in [0.717, 1.165) is 27.7 Å². The number of furan rings is 1. The third-order valence-corrected chi connectivity index (χ3v) is 4.29. The number of halogens is 1. The minimum absolute atomic E-state index is 0.109. The highest BCUT2D eigenvalue weighted by Crippen LogP contribution is 2.30. The predicted octanol–water partition coefficient (Wildman–Crippen LogP) is 4.17. The molecule has 1 aromatic carbocycles. The van der Waals surface area contributed by atoms with Gasteiger partial charge in [0, 0.05) is 16.4 Å². The molecule has 1 heterocycles. The van der Waals surface area contributed by atoms with Gasteiger partial charge in [0.1, 0.15) is 11.3 Å². The highest BCUT2D eigenvalue weighted by atomic mass is 79.9. The molecule has 0 fully saturated rings. The Kier molecular flexibility index (Phi) is 4.57. The second kappa shape index (κ2) is 5.88. The van der Waals surface area contributed by atoms with Crippen molar-refractivity contribution >= 4 is 26.9 Å². The summed E-state index contributed by atoms with van der Waals surface area (Å²) >= 11 is 3.49. The van der Waals surface area contributed by atoms with Crippen molar-refractivity contribution in [3.63, 3.8) is 0 Å². The van der Waals surface area contributed by atoms with Crippen molar-refractivity contribution in [2.24, 2.45) is 11.1 Å². The van der Waals surface area contributed by atoms with Crippen molar-refractivity contribution in [3.05, 3.63) is 34.5 Å². The molecule has 1 aromatic heterocycles. The molecule has 110 valence electrons. The molecule has 20 heavy (non-hydrogen) atoms. The Morgan fingerprint density at radius 1 is 1.35 bits per heavy atom. The Bertz CT molecular complexity index is 591. The summed E-state index contributed by atoms with van der Waals surface area (Å²) in [5.74, 6) is 0.994. The van der Waals surface area contributed by atoms with Crippen molar-refractivity contribution in [1.82, 2.24) is 4.90 Å². The van der Waals surface area contributed by atoms with Gasteiger partial charge in [0.2, 0.25) is 0 Å². The SMILES string of the molecule is CC(c1cc2cc(Br)ccc2o1)N(C)CC(C)(C)CN. The van der Waals surface area contributed by atoms with E-state index in [9.17, 15) is 0 Å². The van der Waals surface area contributed by atoms with Crippen LogP contribution >= 0.6 is 15.9 Å². The van der Waals surface area contributed by atoms with E-state index in [4.69, 9.17) is 10.2 Å². The lowest BCUT2D eigenvalue weighted by atomic mass is 9.92. The van der Waals surface area contributed by atoms with Gasteiger partial charge in [-0.1, -0.05) is 29.8 Å². The fraction of sp³-hybridized carbons (Fsp3) is 0.500. The molecule has 0 aliphatic carbocycles. The molecule has 0 aliphatic rings. The van der Waals surface area contributed by atoms with Gasteiger partial charge in [-0.05, 0) is 50.2 Å². The van der Waals surface area contributed by atoms with E-state index in [1.54, 1.807) is 0 Å². The van der Waals surface area contributed by atoms with Gasteiger partial charge in [-0.3, -0.25) is 4.90 Å². The van der Waals surface area contributed by atoms with E-state index in [1.165, 1.54) is 0 Å². The summed E-state index contributed by atoms with van der Waals surface area (Å²) in [4.78, 5) is 2.29. The molecule has 0 radical (unpaired) electrons. The maximum Gasteiger partial charge on any atom is 0.134 e. The number of rotatable bonds is 5. The van der Waals surface area contributed by atoms with Crippen LogP contribution in [0.1, 0.15) is 32.6 Å². The number of hydrogen-bond acceptors (Lipinski definition) is 3. The smallest absolute Gasteiger partial charge is 0.134 e. The molecule has 0 bridgehead atoms. The average Bonchev–Trinajstić information content (AvgIpc) is 2.80. The van der Waals surface area contributed by atoms with Crippen molar-refractivity contribution in [1.29, 1.82) is 0 Å². The first-order valence-electron chi connectivity index (χ1n) is 6.92. The predicted molar refractivity (Wildman–Crippen MR) is 87.8 cm³/mol. The van der Waals surface area contributed by atoms with E-state index < -0.39 is 0 Å². The number of nitrogens with two attached hydrogens (primary N) is 1. The highest BCUT2D eigenvalue weighted by molar-refractivity contribution is 9.10. The maximum absolute atomic E-state index is 5.96. The fourth-order valence-corrected chi connectivity index (χ4v) is 2.71. The van der Waals surface area contributed by atoms with Crippen LogP contribution in [0, 0.1) is 5.41 Å². The van der Waals surface area contributed by atoms with Gasteiger partial charge in [0.05, 0.1) is 6.04 Å². The molecule has 0 amide bonds. The van der Waals surface area contributed by atoms with Gasteiger partial charge in [-0.15, -0.1) is 0 Å². The quantitative estimate of drug-likeness (QED) is 0.889. The summed E-state index contributed by atoms with van der Waals surface area (Å²) in [5.41, 5.74) is 6.86. The lowest BCUT2D eigenvalue weighted by Crippen LogP contribution is -2.37. The van der Waals surface area contributed by atoms with Crippen LogP contribution in [0.3, 0.4) is 0 Å². The van der Waals surface area contributed by atoms with Crippen LogP contribution in [0.2, 0.25) is 0 Å². The molecule has 0 spiro atoms. The van der Waals surface area contributed by atoms with Crippen LogP contribution in [0.4, 0.5) is 0 Å². The number of nitrogens with zero attached hydrogens (tertiary/aromatic N) is 1. The summed E-state index contributed by atoms with van der Waals surface area (Å²) in [7, 11) is 2.12. The van der Waals surface area contributed by atoms with Crippen LogP contribution in [-0.2, 0) is 0 Å². The van der Waals surface area contributed by atoms with Crippen LogP contribution in [-0.4, -0.2) is 25.0 Å². The average molecular weight is 339 g/mol. The van der Waals surface area contributed by atoms with Crippen molar-refractivity contribution in [2.45, 2.75) is 26.8 Å². The standard InChI is InChI=1S/C16H23BrN2O/c1-11(19(4)10-16(2,3)9-18)15-8-12-7-13(17)5-6-14(12)20-15/h5-8,11H,9-10,18H2,1-4H3. The third kappa shape index (κ3) is 3.43. The van der Waals surface area contributed by atoms with Crippen molar-refractivity contribution < 1.29 is 4.42 Å². The fourth-order valence-electron chi connectivity index (χ4n) is 2.33. The second-order valence-corrected chi connectivity index (χ2v) is 7.21. The molecule has 2 N–H and O–H groups in total. The molecular formula is C16H23BrN2O. The molecule has 0 saturated carbocycles. The molecule has 2 rings (SSSR count). The van der Waals surface area contributed by atoms with Crippen LogP contribution in [0.5, 0.6) is 0 Å². The molecular weight excluding hydrogens is 316 g/mol. The van der Waals surface area contributed by atoms with Crippen molar-refractivity contribution in [2.75, 3.05) is 20.1 Å². The monoisotopic (exact) mass is 338 g/mol. The van der Waals surface area contributed by atoms with Gasteiger partial charge >= 0.3 is 0 Å². The molecule has 1 unspecified atom stereocenters. The highest BCUT2D eigenvalue weighted by Gasteiger charge is 2.23. The zero-order chi connectivity index (χ0) is 14.9. The number of fused-ring (bicyclic) bond motifs is 1. The summed E-state index contributed by atoms with van der Waals surface area (Å²) in [6.07, 6.45) is 0. The van der Waals surface area contributed by atoms with E-state index in [-0.39, 0.29) is 11.5 Å². The Morgan fingerprint density at radius 3 is 2.70 bits per heavy atom. The van der Waals surface area contributed by atoms with Crippen LogP contribution < -0.4 is 5.73 Å². The summed E-state index contributed by atoms with van der Waals surface area (Å²) < 4.78 is 7.03. The molecule has 1 atom stereocenters. The van der Waals surface area contributed by atoms with Crippen LogP contribution in [0.25, 0.3) is 11.0 Å². The van der Waals surface area contributed by atoms with Gasteiger partial charge < -0.3 is 10.2 Å². The zero-order valence-corrected chi connectivity index (χ0v) is 14.2. The normalized spacial score (nSPS) is 14.2. The third-order valence-electron chi connectivity index (χ3n) is 3.80. The number of benzene rings is 1. The maximum atomic E-state index is 5.96.